The molecule has 3 aromatic carbocycles. The molecular formula is C28H24ClN5O7. The van der Waals surface area contributed by atoms with Gasteiger partial charge in [0.05, 0.1) is 22.3 Å². The number of amides is 1. The van der Waals surface area contributed by atoms with Crippen molar-refractivity contribution in [3.63, 3.8) is 0 Å². The number of hydrogen-bond acceptors (Lipinski definition) is 7. The zero-order valence-corrected chi connectivity index (χ0v) is 22.1. The van der Waals surface area contributed by atoms with Crippen molar-refractivity contribution >= 4 is 58.8 Å². The third-order valence-corrected chi connectivity index (χ3v) is 5.64. The van der Waals surface area contributed by atoms with Gasteiger partial charge in [-0.3, -0.25) is 9.59 Å². The van der Waals surface area contributed by atoms with Crippen molar-refractivity contribution in [1.29, 1.82) is 0 Å². The smallest absolute Gasteiger partial charge is 0.343 e. The molecule has 4 aromatic rings. The number of nitrogens with zero attached hydrogens (tertiary/aromatic N) is 3. The molecule has 0 aliphatic heterocycles. The molecule has 0 fully saturated rings. The number of carboxylic acid groups (broad SMARTS) is 2. The molecule has 41 heavy (non-hydrogen) atoms. The van der Waals surface area contributed by atoms with Crippen molar-refractivity contribution in [1.82, 2.24) is 9.88 Å². The van der Waals surface area contributed by atoms with Crippen molar-refractivity contribution in [2.45, 2.75) is 6.54 Å². The van der Waals surface area contributed by atoms with Gasteiger partial charge in [-0.25, -0.2) is 19.6 Å². The Hall–Kier alpha value is -5.49. The lowest BCUT2D eigenvalue weighted by Gasteiger charge is -2.20. The Morgan fingerprint density at radius 3 is 2.12 bits per heavy atom. The van der Waals surface area contributed by atoms with Gasteiger partial charge >= 0.3 is 17.9 Å². The van der Waals surface area contributed by atoms with E-state index < -0.39 is 30.4 Å². The Morgan fingerprint density at radius 1 is 0.854 bits per heavy atom. The van der Waals surface area contributed by atoms with Gasteiger partial charge < -0.3 is 31.3 Å². The third kappa shape index (κ3) is 7.77. The molecule has 0 aliphatic carbocycles. The van der Waals surface area contributed by atoms with Crippen LogP contribution < -0.4 is 16.2 Å². The first-order chi connectivity index (χ1) is 19.1. The van der Waals surface area contributed by atoms with Crippen LogP contribution in [0.3, 0.4) is 0 Å². The summed E-state index contributed by atoms with van der Waals surface area (Å²) >= 11 is 0. The monoisotopic (exact) mass is 577 g/mol. The van der Waals surface area contributed by atoms with Crippen LogP contribution in [0.15, 0.2) is 83.9 Å². The lowest BCUT2D eigenvalue weighted by molar-refractivity contribution is -0.137. The number of halogens is 1. The summed E-state index contributed by atoms with van der Waals surface area (Å²) < 4.78 is 5.45. The maximum absolute atomic E-state index is 13.2. The molecule has 13 heteroatoms. The average Bonchev–Trinajstić information content (AvgIpc) is 2.92. The number of ether oxygens (including phenoxy) is 1. The van der Waals surface area contributed by atoms with Crippen molar-refractivity contribution < 1.29 is 34.1 Å². The number of carboxylic acids is 2. The molecule has 1 amide bonds. The van der Waals surface area contributed by atoms with Gasteiger partial charge in [-0.05, 0) is 66.2 Å². The number of hydrogen-bond donors (Lipinski definition) is 4. The Morgan fingerprint density at radius 2 is 1.51 bits per heavy atom. The van der Waals surface area contributed by atoms with Crippen LogP contribution in [-0.4, -0.2) is 56.4 Å². The molecule has 210 valence electrons. The molecule has 1 aromatic heterocycles. The highest BCUT2D eigenvalue weighted by Crippen LogP contribution is 2.22. The molecule has 0 spiro atoms. The summed E-state index contributed by atoms with van der Waals surface area (Å²) in [6.45, 7) is -0.645. The quantitative estimate of drug-likeness (QED) is 0.0990. The molecule has 0 atom stereocenters. The Balaban J connectivity index is 0.00000462. The van der Waals surface area contributed by atoms with Crippen molar-refractivity contribution in [2.75, 3.05) is 6.54 Å². The number of aromatic carboxylic acids is 1. The summed E-state index contributed by atoms with van der Waals surface area (Å²) in [6.07, 6.45) is 0. The van der Waals surface area contributed by atoms with Crippen LogP contribution in [0.1, 0.15) is 36.8 Å². The van der Waals surface area contributed by atoms with Crippen molar-refractivity contribution in [3.8, 4) is 5.75 Å². The summed E-state index contributed by atoms with van der Waals surface area (Å²) in [5, 5.41) is 19.0. The summed E-state index contributed by atoms with van der Waals surface area (Å²) in [4.78, 5) is 57.6. The number of pyridine rings is 1. The van der Waals surface area contributed by atoms with Crippen LogP contribution >= 0.6 is 12.4 Å². The molecule has 0 radical (unpaired) electrons. The number of fused-ring (bicyclic) bond motifs is 1. The van der Waals surface area contributed by atoms with E-state index in [1.165, 1.54) is 48.5 Å². The second-order valence-electron chi connectivity index (χ2n) is 8.58. The summed E-state index contributed by atoms with van der Waals surface area (Å²) in [5.41, 5.74) is 12.5. The minimum atomic E-state index is -1.21. The highest BCUT2D eigenvalue weighted by atomic mass is 35.5. The van der Waals surface area contributed by atoms with Crippen LogP contribution in [0.25, 0.3) is 10.9 Å². The van der Waals surface area contributed by atoms with Gasteiger partial charge in [-0.1, -0.05) is 18.2 Å². The van der Waals surface area contributed by atoms with Gasteiger partial charge in [0, 0.05) is 11.9 Å². The van der Waals surface area contributed by atoms with Gasteiger partial charge in [-0.2, -0.15) is 0 Å². The minimum Gasteiger partial charge on any atom is -0.480 e. The number of esters is 1. The topological polar surface area (TPSA) is 198 Å². The van der Waals surface area contributed by atoms with E-state index in [-0.39, 0.29) is 47.5 Å². The highest BCUT2D eigenvalue weighted by molar-refractivity contribution is 5.97. The van der Waals surface area contributed by atoms with E-state index in [2.05, 4.69) is 9.98 Å². The molecule has 0 aliphatic rings. The van der Waals surface area contributed by atoms with E-state index >= 15 is 0 Å². The molecule has 0 bridgehead atoms. The van der Waals surface area contributed by atoms with Crippen molar-refractivity contribution in [2.24, 2.45) is 16.5 Å². The second kappa shape index (κ2) is 13.0. The minimum absolute atomic E-state index is 0. The van der Waals surface area contributed by atoms with E-state index in [0.29, 0.717) is 22.2 Å². The van der Waals surface area contributed by atoms with E-state index in [9.17, 15) is 24.3 Å². The first-order valence-electron chi connectivity index (χ1n) is 11.7. The number of aliphatic carboxylic acids is 1. The predicted octanol–water partition coefficient (Wildman–Crippen LogP) is 3.21. The van der Waals surface area contributed by atoms with E-state index in [4.69, 9.17) is 21.3 Å². The number of rotatable bonds is 9. The van der Waals surface area contributed by atoms with E-state index in [1.54, 1.807) is 30.3 Å². The van der Waals surface area contributed by atoms with Crippen LogP contribution in [-0.2, 0) is 11.3 Å². The number of carbonyl (C=O) groups excluding carboxylic acids is 2. The third-order valence-electron chi connectivity index (χ3n) is 5.64. The van der Waals surface area contributed by atoms with E-state index in [1.807, 2.05) is 0 Å². The maximum Gasteiger partial charge on any atom is 0.343 e. The van der Waals surface area contributed by atoms with Gasteiger partial charge in [0.1, 0.15) is 18.0 Å². The van der Waals surface area contributed by atoms with Crippen LogP contribution in [0, 0.1) is 0 Å². The normalized spacial score (nSPS) is 10.2. The zero-order chi connectivity index (χ0) is 28.8. The molecule has 1 heterocycles. The molecule has 0 unspecified atom stereocenters. The number of nitrogens with two attached hydrogens (primary N) is 2. The van der Waals surface area contributed by atoms with Crippen LogP contribution in [0.5, 0.6) is 5.75 Å². The predicted molar refractivity (Wildman–Crippen MR) is 152 cm³/mol. The maximum atomic E-state index is 13.2. The SMILES string of the molecule is Cl.NC(N)=Nc1ccc(C(=O)Oc2ccc3nc(C(=O)N(CC(=O)O)Cc4ccc(C(=O)O)cc4)ccc3c2)cc1. The molecule has 6 N–H and O–H groups in total. The standard InChI is InChI=1S/C28H23N5O7.ClH/c29-28(30)31-20-8-5-18(6-9-20)27(39)40-21-10-12-22-19(13-21)7-11-23(32-22)25(36)33(15-24(34)35)14-16-1-3-17(4-2-16)26(37)38;/h1-13H,14-15H2,(H,34,35)(H,37,38)(H4,29,30,31);1H. The zero-order valence-electron chi connectivity index (χ0n) is 21.3. The second-order valence-corrected chi connectivity index (χ2v) is 8.58. The van der Waals surface area contributed by atoms with Crippen LogP contribution in [0.2, 0.25) is 0 Å². The molecule has 0 saturated carbocycles. The number of carbonyl (C=O) groups is 4. The van der Waals surface area contributed by atoms with Crippen molar-refractivity contribution in [3.05, 3.63) is 101 Å². The lowest BCUT2D eigenvalue weighted by Crippen LogP contribution is -2.35. The fourth-order valence-corrected chi connectivity index (χ4v) is 3.77. The van der Waals surface area contributed by atoms with Gasteiger partial charge in [0.25, 0.3) is 5.91 Å². The van der Waals surface area contributed by atoms with Gasteiger partial charge in [-0.15, -0.1) is 12.4 Å². The molecule has 4 rings (SSSR count). The fourth-order valence-electron chi connectivity index (χ4n) is 3.77. The Labute approximate surface area is 239 Å². The first-order valence-corrected chi connectivity index (χ1v) is 11.7. The fraction of sp³-hybridized carbons (Fsp3) is 0.0714. The average molecular weight is 578 g/mol. The molecular weight excluding hydrogens is 554 g/mol. The number of guanidine groups is 1. The number of aliphatic imine (C=N–C) groups is 1. The summed E-state index contributed by atoms with van der Waals surface area (Å²) in [6, 6.07) is 19.7. The van der Waals surface area contributed by atoms with Gasteiger partial charge in [0.2, 0.25) is 0 Å². The number of benzene rings is 3. The van der Waals surface area contributed by atoms with E-state index in [0.717, 1.165) is 4.90 Å². The van der Waals surface area contributed by atoms with Crippen LogP contribution in [0.4, 0.5) is 5.69 Å². The van der Waals surface area contributed by atoms with Gasteiger partial charge in [0.15, 0.2) is 5.96 Å². The number of aromatic nitrogens is 1. The Bertz CT molecular complexity index is 1640. The highest BCUT2D eigenvalue weighted by Gasteiger charge is 2.21. The summed E-state index contributed by atoms with van der Waals surface area (Å²) in [7, 11) is 0. The molecule has 0 saturated heterocycles. The Kier molecular flexibility index (Phi) is 9.56. The summed E-state index contributed by atoms with van der Waals surface area (Å²) in [5.74, 6) is -3.38. The molecule has 12 nitrogen and oxygen atoms in total. The first kappa shape index (κ1) is 30.1. The largest absolute Gasteiger partial charge is 0.480 e. The lowest BCUT2D eigenvalue weighted by atomic mass is 10.1.